The average molecular weight is 276 g/mol. The lowest BCUT2D eigenvalue weighted by molar-refractivity contribution is -0.137. The number of ketones is 1. The summed E-state index contributed by atoms with van der Waals surface area (Å²) in [4.78, 5) is 12.1. The lowest BCUT2D eigenvalue weighted by atomic mass is 10.2. The highest BCUT2D eigenvalue weighted by molar-refractivity contribution is 8.00. The molecule has 1 aromatic rings. The minimum atomic E-state index is -4.31. The number of hydrogen-bond donors (Lipinski definition) is 0. The van der Waals surface area contributed by atoms with Crippen LogP contribution in [0.1, 0.15) is 31.7 Å². The highest BCUT2D eigenvalue weighted by atomic mass is 32.2. The van der Waals surface area contributed by atoms with Gasteiger partial charge in [-0.25, -0.2) is 0 Å². The van der Waals surface area contributed by atoms with Crippen LogP contribution in [0.25, 0.3) is 0 Å². The van der Waals surface area contributed by atoms with Gasteiger partial charge in [0.2, 0.25) is 0 Å². The molecule has 0 aliphatic rings. The van der Waals surface area contributed by atoms with Gasteiger partial charge in [-0.15, -0.1) is 11.8 Å². The molecule has 100 valence electrons. The highest BCUT2D eigenvalue weighted by Gasteiger charge is 2.29. The number of carbonyl (C=O) groups excluding carboxylic acids is 1. The zero-order valence-electron chi connectivity index (χ0n) is 10.1. The van der Waals surface area contributed by atoms with E-state index in [-0.39, 0.29) is 5.78 Å². The first kappa shape index (κ1) is 15.1. The van der Waals surface area contributed by atoms with Crippen LogP contribution in [0.2, 0.25) is 0 Å². The van der Waals surface area contributed by atoms with Crippen LogP contribution in [0.15, 0.2) is 29.2 Å². The molecule has 0 aromatic heterocycles. The summed E-state index contributed by atoms with van der Waals surface area (Å²) >= 11 is 1.28. The van der Waals surface area contributed by atoms with E-state index in [0.29, 0.717) is 17.1 Å². The van der Waals surface area contributed by atoms with Gasteiger partial charge in [-0.05, 0) is 30.7 Å². The van der Waals surface area contributed by atoms with Gasteiger partial charge >= 0.3 is 6.18 Å². The molecule has 0 atom stereocenters. The third kappa shape index (κ3) is 5.12. The number of hydrogen-bond acceptors (Lipinski definition) is 2. The molecule has 0 unspecified atom stereocenters. The van der Waals surface area contributed by atoms with Crippen LogP contribution in [-0.2, 0) is 11.0 Å². The first-order chi connectivity index (χ1) is 8.43. The van der Waals surface area contributed by atoms with Crippen molar-refractivity contribution in [3.05, 3.63) is 29.8 Å². The van der Waals surface area contributed by atoms with E-state index in [0.717, 1.165) is 25.0 Å². The van der Waals surface area contributed by atoms with Gasteiger partial charge in [-0.3, -0.25) is 4.79 Å². The Morgan fingerprint density at radius 1 is 1.22 bits per heavy atom. The fourth-order valence-corrected chi connectivity index (χ4v) is 2.15. The van der Waals surface area contributed by atoms with Gasteiger partial charge in [0.05, 0.1) is 11.3 Å². The number of Topliss-reactive ketones (excluding diaryl/α,β-unsaturated/α-hetero) is 1. The lowest BCUT2D eigenvalue weighted by Crippen LogP contribution is -2.04. The summed E-state index contributed by atoms with van der Waals surface area (Å²) in [5.74, 6) is 0.465. The Labute approximate surface area is 109 Å². The minimum Gasteiger partial charge on any atom is -0.299 e. The third-order valence-electron chi connectivity index (χ3n) is 2.39. The molecule has 5 heteroatoms. The third-order valence-corrected chi connectivity index (χ3v) is 3.46. The SMILES string of the molecule is CCCCC(=O)CSc1ccc(C(F)(F)F)cc1. The van der Waals surface area contributed by atoms with Crippen LogP contribution in [0.5, 0.6) is 0 Å². The monoisotopic (exact) mass is 276 g/mol. The molecule has 0 amide bonds. The molecule has 0 heterocycles. The number of alkyl halides is 3. The van der Waals surface area contributed by atoms with Gasteiger partial charge in [-0.2, -0.15) is 13.2 Å². The Hall–Kier alpha value is -0.970. The van der Waals surface area contributed by atoms with Crippen molar-refractivity contribution in [2.45, 2.75) is 37.3 Å². The van der Waals surface area contributed by atoms with Gasteiger partial charge in [-0.1, -0.05) is 13.3 Å². The van der Waals surface area contributed by atoms with E-state index in [1.165, 1.54) is 23.9 Å². The molecule has 1 rings (SSSR count). The molecule has 18 heavy (non-hydrogen) atoms. The van der Waals surface area contributed by atoms with E-state index in [1.54, 1.807) is 0 Å². The van der Waals surface area contributed by atoms with Crippen LogP contribution in [0.4, 0.5) is 13.2 Å². The molecular weight excluding hydrogens is 261 g/mol. The largest absolute Gasteiger partial charge is 0.416 e. The molecule has 0 radical (unpaired) electrons. The first-order valence-corrected chi connectivity index (χ1v) is 6.74. The molecule has 0 bridgehead atoms. The summed E-state index contributed by atoms with van der Waals surface area (Å²) in [6, 6.07) is 4.89. The number of thioether (sulfide) groups is 1. The molecule has 1 aromatic carbocycles. The highest BCUT2D eigenvalue weighted by Crippen LogP contribution is 2.30. The fourth-order valence-electron chi connectivity index (χ4n) is 1.35. The van der Waals surface area contributed by atoms with Crippen molar-refractivity contribution in [2.75, 3.05) is 5.75 Å². The van der Waals surface area contributed by atoms with Gasteiger partial charge in [0.25, 0.3) is 0 Å². The second-order valence-corrected chi connectivity index (χ2v) is 5.00. The number of carbonyl (C=O) groups is 1. The Balaban J connectivity index is 2.47. The molecule has 0 fully saturated rings. The zero-order chi connectivity index (χ0) is 13.6. The van der Waals surface area contributed by atoms with Gasteiger partial charge in [0.1, 0.15) is 5.78 Å². The van der Waals surface area contributed by atoms with Crippen molar-refractivity contribution >= 4 is 17.5 Å². The second-order valence-electron chi connectivity index (χ2n) is 3.95. The molecule has 0 saturated carbocycles. The van der Waals surface area contributed by atoms with E-state index in [4.69, 9.17) is 0 Å². The van der Waals surface area contributed by atoms with E-state index in [2.05, 4.69) is 0 Å². The van der Waals surface area contributed by atoms with Crippen molar-refractivity contribution in [2.24, 2.45) is 0 Å². The topological polar surface area (TPSA) is 17.1 Å². The molecule has 0 spiro atoms. The van der Waals surface area contributed by atoms with Gasteiger partial charge in [0.15, 0.2) is 0 Å². The average Bonchev–Trinajstić information content (AvgIpc) is 2.33. The van der Waals surface area contributed by atoms with Crippen LogP contribution >= 0.6 is 11.8 Å². The van der Waals surface area contributed by atoms with Crippen molar-refractivity contribution in [1.82, 2.24) is 0 Å². The summed E-state index contributed by atoms with van der Waals surface area (Å²) in [7, 11) is 0. The predicted molar refractivity (Wildman–Crippen MR) is 66.7 cm³/mol. The summed E-state index contributed by atoms with van der Waals surface area (Å²) < 4.78 is 36.9. The van der Waals surface area contributed by atoms with Crippen LogP contribution < -0.4 is 0 Å². The van der Waals surface area contributed by atoms with E-state index in [9.17, 15) is 18.0 Å². The van der Waals surface area contributed by atoms with E-state index >= 15 is 0 Å². The zero-order valence-corrected chi connectivity index (χ0v) is 10.9. The van der Waals surface area contributed by atoms with Gasteiger partial charge < -0.3 is 0 Å². The predicted octanol–water partition coefficient (Wildman–Crippen LogP) is 4.56. The maximum Gasteiger partial charge on any atom is 0.416 e. The summed E-state index contributed by atoms with van der Waals surface area (Å²) in [6.45, 7) is 2.01. The summed E-state index contributed by atoms with van der Waals surface area (Å²) in [5, 5.41) is 0. The molecule has 0 aliphatic carbocycles. The minimum absolute atomic E-state index is 0.141. The van der Waals surface area contributed by atoms with Crippen LogP contribution in [0.3, 0.4) is 0 Å². The maximum atomic E-state index is 12.3. The molecule has 0 saturated heterocycles. The maximum absolute atomic E-state index is 12.3. The van der Waals surface area contributed by atoms with Crippen LogP contribution in [-0.4, -0.2) is 11.5 Å². The van der Waals surface area contributed by atoms with E-state index in [1.807, 2.05) is 6.92 Å². The molecular formula is C13H15F3OS. The molecule has 0 aliphatic heterocycles. The first-order valence-electron chi connectivity index (χ1n) is 5.75. The molecule has 1 nitrogen and oxygen atoms in total. The number of halogens is 3. The van der Waals surface area contributed by atoms with Crippen molar-refractivity contribution in [3.8, 4) is 0 Å². The Bertz CT molecular complexity index is 384. The van der Waals surface area contributed by atoms with Crippen LogP contribution in [0, 0.1) is 0 Å². The fraction of sp³-hybridized carbons (Fsp3) is 0.462. The van der Waals surface area contributed by atoms with Crippen molar-refractivity contribution < 1.29 is 18.0 Å². The standard InChI is InChI=1S/C13H15F3OS/c1-2-3-4-11(17)9-18-12-7-5-10(6-8-12)13(14,15)16/h5-8H,2-4,9H2,1H3. The molecule has 0 N–H and O–H groups in total. The second kappa shape index (κ2) is 6.83. The van der Waals surface area contributed by atoms with E-state index < -0.39 is 11.7 Å². The Kier molecular flexibility index (Phi) is 5.72. The number of benzene rings is 1. The van der Waals surface area contributed by atoms with Crippen molar-refractivity contribution in [3.63, 3.8) is 0 Å². The van der Waals surface area contributed by atoms with Crippen molar-refractivity contribution in [1.29, 1.82) is 0 Å². The smallest absolute Gasteiger partial charge is 0.299 e. The van der Waals surface area contributed by atoms with Gasteiger partial charge in [0, 0.05) is 11.3 Å². The summed E-state index contributed by atoms with van der Waals surface area (Å²) in [6.07, 6.45) is -1.92. The summed E-state index contributed by atoms with van der Waals surface area (Å²) in [5.41, 5.74) is -0.663. The Morgan fingerprint density at radius 3 is 2.33 bits per heavy atom. The quantitative estimate of drug-likeness (QED) is 0.709. The number of unbranched alkanes of at least 4 members (excludes halogenated alkanes) is 1. The number of rotatable bonds is 6. The normalized spacial score (nSPS) is 11.6. The lowest BCUT2D eigenvalue weighted by Gasteiger charge is -2.07. The Morgan fingerprint density at radius 2 is 1.83 bits per heavy atom.